The molecule has 0 saturated carbocycles. The molecule has 0 bridgehead atoms. The Morgan fingerprint density at radius 1 is 1.27 bits per heavy atom. The first-order valence-electron chi connectivity index (χ1n) is 7.87. The molecule has 0 fully saturated rings. The van der Waals surface area contributed by atoms with Gasteiger partial charge < -0.3 is 4.90 Å². The second kappa shape index (κ2) is 7.25. The van der Waals surface area contributed by atoms with Gasteiger partial charge in [-0.25, -0.2) is 0 Å². The highest BCUT2D eigenvalue weighted by Gasteiger charge is 2.20. The van der Waals surface area contributed by atoms with Crippen LogP contribution in [0.5, 0.6) is 0 Å². The lowest BCUT2D eigenvalue weighted by Gasteiger charge is -2.19. The number of carbonyl (C=O) groups excluding carboxylic acids is 1. The van der Waals surface area contributed by atoms with E-state index in [-0.39, 0.29) is 5.91 Å². The fourth-order valence-corrected chi connectivity index (χ4v) is 2.69. The van der Waals surface area contributed by atoms with Crippen LogP contribution in [-0.2, 0) is 13.0 Å². The molecule has 22 heavy (non-hydrogen) atoms. The number of rotatable bonds is 6. The van der Waals surface area contributed by atoms with E-state index < -0.39 is 0 Å². The molecular weight excluding hydrogens is 274 g/mol. The minimum Gasteiger partial charge on any atom is -0.341 e. The molecule has 1 heterocycles. The van der Waals surface area contributed by atoms with Gasteiger partial charge in [-0.1, -0.05) is 51.1 Å². The molecule has 0 aliphatic carbocycles. The van der Waals surface area contributed by atoms with E-state index in [9.17, 15) is 4.79 Å². The summed E-state index contributed by atoms with van der Waals surface area (Å²) in [5.41, 5.74) is 2.92. The van der Waals surface area contributed by atoms with Gasteiger partial charge in [0.05, 0.1) is 24.0 Å². The van der Waals surface area contributed by atoms with Crippen LogP contribution in [-0.4, -0.2) is 34.2 Å². The maximum atomic E-state index is 12.6. The summed E-state index contributed by atoms with van der Waals surface area (Å²) >= 11 is 0. The molecule has 0 aliphatic rings. The normalized spacial score (nSPS) is 11.0. The number of carbonyl (C=O) groups is 1. The van der Waals surface area contributed by atoms with Gasteiger partial charge in [-0.3, -0.25) is 9.48 Å². The van der Waals surface area contributed by atoms with E-state index >= 15 is 0 Å². The van der Waals surface area contributed by atoms with Crippen LogP contribution in [0.1, 0.15) is 42.4 Å². The molecule has 0 N–H and O–H groups in total. The first kappa shape index (κ1) is 16.3. The SMILES string of the molecule is CCc1c(C(=O)N(C)CC(C)C)cnn1Cc1ccccc1. The Hall–Kier alpha value is -2.10. The molecular formula is C18H25N3O. The number of nitrogens with zero attached hydrogens (tertiary/aromatic N) is 3. The minimum absolute atomic E-state index is 0.0601. The first-order valence-corrected chi connectivity index (χ1v) is 7.87. The number of hydrogen-bond acceptors (Lipinski definition) is 2. The zero-order valence-corrected chi connectivity index (χ0v) is 13.9. The number of benzene rings is 1. The van der Waals surface area contributed by atoms with Crippen LogP contribution in [0.25, 0.3) is 0 Å². The Morgan fingerprint density at radius 2 is 1.95 bits per heavy atom. The number of hydrogen-bond donors (Lipinski definition) is 0. The van der Waals surface area contributed by atoms with Gasteiger partial charge in [-0.05, 0) is 17.9 Å². The summed E-state index contributed by atoms with van der Waals surface area (Å²) in [6.45, 7) is 7.75. The molecule has 0 radical (unpaired) electrons. The molecule has 0 aliphatic heterocycles. The fourth-order valence-electron chi connectivity index (χ4n) is 2.69. The van der Waals surface area contributed by atoms with E-state index in [1.807, 2.05) is 29.9 Å². The summed E-state index contributed by atoms with van der Waals surface area (Å²) in [7, 11) is 1.86. The quantitative estimate of drug-likeness (QED) is 0.821. The van der Waals surface area contributed by atoms with Gasteiger partial charge in [0.2, 0.25) is 0 Å². The molecule has 4 nitrogen and oxygen atoms in total. The molecule has 118 valence electrons. The molecule has 2 aromatic rings. The van der Waals surface area contributed by atoms with E-state index in [0.29, 0.717) is 12.5 Å². The van der Waals surface area contributed by atoms with Crippen molar-refractivity contribution < 1.29 is 4.79 Å². The van der Waals surface area contributed by atoms with Gasteiger partial charge >= 0.3 is 0 Å². The summed E-state index contributed by atoms with van der Waals surface area (Å²) in [6.07, 6.45) is 2.50. The van der Waals surface area contributed by atoms with Crippen molar-refractivity contribution in [1.29, 1.82) is 0 Å². The van der Waals surface area contributed by atoms with Crippen LogP contribution < -0.4 is 0 Å². The van der Waals surface area contributed by atoms with Gasteiger partial charge in [0.1, 0.15) is 0 Å². The van der Waals surface area contributed by atoms with Crippen LogP contribution in [0.4, 0.5) is 0 Å². The lowest BCUT2D eigenvalue weighted by molar-refractivity contribution is 0.0778. The van der Waals surface area contributed by atoms with Gasteiger partial charge in [0.25, 0.3) is 5.91 Å². The van der Waals surface area contributed by atoms with Crippen LogP contribution in [0.15, 0.2) is 36.5 Å². The van der Waals surface area contributed by atoms with Crippen LogP contribution in [0.3, 0.4) is 0 Å². The predicted molar refractivity (Wildman–Crippen MR) is 88.9 cm³/mol. The lowest BCUT2D eigenvalue weighted by Crippen LogP contribution is -2.30. The molecule has 1 aromatic heterocycles. The Labute approximate surface area is 132 Å². The highest BCUT2D eigenvalue weighted by atomic mass is 16.2. The topological polar surface area (TPSA) is 38.1 Å². The molecule has 0 atom stereocenters. The van der Waals surface area contributed by atoms with Crippen LogP contribution in [0, 0.1) is 5.92 Å². The zero-order chi connectivity index (χ0) is 16.1. The molecule has 2 rings (SSSR count). The standard InChI is InChI=1S/C18H25N3O/c1-5-17-16(18(22)20(4)12-14(2)3)11-19-21(17)13-15-9-7-6-8-10-15/h6-11,14H,5,12-13H2,1-4H3. The van der Waals surface area contributed by atoms with E-state index in [2.05, 4.69) is 38.0 Å². The molecule has 0 unspecified atom stereocenters. The Kier molecular flexibility index (Phi) is 5.36. The molecule has 1 amide bonds. The highest BCUT2D eigenvalue weighted by Crippen LogP contribution is 2.15. The van der Waals surface area contributed by atoms with Crippen molar-refractivity contribution in [3.8, 4) is 0 Å². The smallest absolute Gasteiger partial charge is 0.257 e. The average molecular weight is 299 g/mol. The van der Waals surface area contributed by atoms with E-state index in [1.165, 1.54) is 5.56 Å². The maximum absolute atomic E-state index is 12.6. The van der Waals surface area contributed by atoms with Crippen molar-refractivity contribution in [1.82, 2.24) is 14.7 Å². The van der Waals surface area contributed by atoms with Crippen LogP contribution in [0.2, 0.25) is 0 Å². The molecule has 0 spiro atoms. The lowest BCUT2D eigenvalue weighted by atomic mass is 10.1. The second-order valence-corrected chi connectivity index (χ2v) is 6.08. The van der Waals surface area contributed by atoms with E-state index in [4.69, 9.17) is 0 Å². The third-order valence-electron chi connectivity index (χ3n) is 3.67. The number of aromatic nitrogens is 2. The Balaban J connectivity index is 2.22. The largest absolute Gasteiger partial charge is 0.341 e. The summed E-state index contributed by atoms with van der Waals surface area (Å²) in [5.74, 6) is 0.517. The van der Waals surface area contributed by atoms with Gasteiger partial charge in [-0.15, -0.1) is 0 Å². The van der Waals surface area contributed by atoms with Crippen LogP contribution >= 0.6 is 0 Å². The third-order valence-corrected chi connectivity index (χ3v) is 3.67. The second-order valence-electron chi connectivity index (χ2n) is 6.08. The molecule has 4 heteroatoms. The Morgan fingerprint density at radius 3 is 2.55 bits per heavy atom. The van der Waals surface area contributed by atoms with Crippen molar-refractivity contribution in [2.24, 2.45) is 5.92 Å². The van der Waals surface area contributed by atoms with E-state index in [0.717, 1.165) is 24.2 Å². The molecule has 1 aromatic carbocycles. The third kappa shape index (κ3) is 3.75. The fraction of sp³-hybridized carbons (Fsp3) is 0.444. The van der Waals surface area contributed by atoms with Gasteiger partial charge in [-0.2, -0.15) is 5.10 Å². The highest BCUT2D eigenvalue weighted by molar-refractivity contribution is 5.95. The van der Waals surface area contributed by atoms with Crippen molar-refractivity contribution in [3.05, 3.63) is 53.3 Å². The summed E-state index contributed by atoms with van der Waals surface area (Å²) < 4.78 is 1.94. The average Bonchev–Trinajstić information content (AvgIpc) is 2.89. The predicted octanol–water partition coefficient (Wildman–Crippen LogP) is 3.22. The van der Waals surface area contributed by atoms with E-state index in [1.54, 1.807) is 11.1 Å². The summed E-state index contributed by atoms with van der Waals surface area (Å²) in [6, 6.07) is 10.2. The first-order chi connectivity index (χ1) is 10.5. The monoisotopic (exact) mass is 299 g/mol. The van der Waals surface area contributed by atoms with Gasteiger partial charge in [0, 0.05) is 13.6 Å². The summed E-state index contributed by atoms with van der Waals surface area (Å²) in [4.78, 5) is 14.4. The van der Waals surface area contributed by atoms with Gasteiger partial charge in [0.15, 0.2) is 0 Å². The molecule has 0 saturated heterocycles. The van der Waals surface area contributed by atoms with Crippen molar-refractivity contribution in [2.45, 2.75) is 33.7 Å². The number of amides is 1. The Bertz CT molecular complexity index is 617. The van der Waals surface area contributed by atoms with Crippen molar-refractivity contribution in [3.63, 3.8) is 0 Å². The maximum Gasteiger partial charge on any atom is 0.257 e. The minimum atomic E-state index is 0.0601. The summed E-state index contributed by atoms with van der Waals surface area (Å²) in [5, 5.41) is 4.43. The zero-order valence-electron chi connectivity index (χ0n) is 13.9. The van der Waals surface area contributed by atoms with Crippen molar-refractivity contribution >= 4 is 5.91 Å². The van der Waals surface area contributed by atoms with Crippen molar-refractivity contribution in [2.75, 3.05) is 13.6 Å².